The first kappa shape index (κ1) is 22.9. The van der Waals surface area contributed by atoms with E-state index in [0.717, 1.165) is 5.56 Å². The van der Waals surface area contributed by atoms with Crippen LogP contribution in [0.5, 0.6) is 5.75 Å². The molecule has 2 amide bonds. The van der Waals surface area contributed by atoms with Crippen LogP contribution in [0.1, 0.15) is 18.1 Å². The van der Waals surface area contributed by atoms with Crippen molar-refractivity contribution in [1.82, 2.24) is 10.6 Å². The van der Waals surface area contributed by atoms with Gasteiger partial charge in [0.25, 0.3) is 10.2 Å². The molecule has 2 aromatic carbocycles. The molecule has 0 fully saturated rings. The van der Waals surface area contributed by atoms with E-state index in [0.29, 0.717) is 11.3 Å². The van der Waals surface area contributed by atoms with Crippen LogP contribution in [0.4, 0.5) is 5.69 Å². The highest BCUT2D eigenvalue weighted by molar-refractivity contribution is 7.90. The Kier molecular flexibility index (Phi) is 7.96. The lowest BCUT2D eigenvalue weighted by Gasteiger charge is -2.13. The molecule has 10 heteroatoms. The Hall–Kier alpha value is -3.37. The van der Waals surface area contributed by atoms with Crippen molar-refractivity contribution in [1.29, 1.82) is 0 Å². The SMILES string of the molecule is COc1ccc(/C=C/C(=O)NC(C)C(=O)NCc2cccc(NS(N)(=O)=O)c2)cc1. The number of nitrogens with two attached hydrogens (primary N) is 1. The number of carbonyl (C=O) groups is 2. The van der Waals surface area contributed by atoms with Crippen molar-refractivity contribution < 1.29 is 22.7 Å². The molecule has 0 saturated carbocycles. The second-order valence-electron chi connectivity index (χ2n) is 6.40. The summed E-state index contributed by atoms with van der Waals surface area (Å²) in [6, 6.07) is 12.8. The highest BCUT2D eigenvalue weighted by Gasteiger charge is 2.14. The minimum absolute atomic E-state index is 0.154. The molecule has 0 saturated heterocycles. The van der Waals surface area contributed by atoms with Crippen LogP contribution in [-0.2, 0) is 26.3 Å². The van der Waals surface area contributed by atoms with Crippen LogP contribution >= 0.6 is 0 Å². The summed E-state index contributed by atoms with van der Waals surface area (Å²) in [6.45, 7) is 1.72. The molecule has 5 N–H and O–H groups in total. The number of anilines is 1. The summed E-state index contributed by atoms with van der Waals surface area (Å²) in [6.07, 6.45) is 2.97. The molecule has 0 aliphatic carbocycles. The number of methoxy groups -OCH3 is 1. The van der Waals surface area contributed by atoms with Gasteiger partial charge < -0.3 is 15.4 Å². The highest BCUT2D eigenvalue weighted by Crippen LogP contribution is 2.12. The molecule has 0 radical (unpaired) electrons. The van der Waals surface area contributed by atoms with Crippen molar-refractivity contribution in [2.75, 3.05) is 11.8 Å². The highest BCUT2D eigenvalue weighted by atomic mass is 32.2. The van der Waals surface area contributed by atoms with Crippen LogP contribution < -0.4 is 25.2 Å². The number of hydrogen-bond donors (Lipinski definition) is 4. The zero-order valence-electron chi connectivity index (χ0n) is 16.6. The summed E-state index contributed by atoms with van der Waals surface area (Å²) in [4.78, 5) is 24.2. The Morgan fingerprint density at radius 1 is 1.17 bits per heavy atom. The third-order valence-electron chi connectivity index (χ3n) is 3.95. The Labute approximate surface area is 175 Å². The van der Waals surface area contributed by atoms with Gasteiger partial charge in [0.15, 0.2) is 0 Å². The Morgan fingerprint density at radius 2 is 1.87 bits per heavy atom. The fourth-order valence-electron chi connectivity index (χ4n) is 2.47. The van der Waals surface area contributed by atoms with Gasteiger partial charge in [-0.1, -0.05) is 24.3 Å². The predicted molar refractivity (Wildman–Crippen MR) is 115 cm³/mol. The van der Waals surface area contributed by atoms with Crippen molar-refractivity contribution in [3.8, 4) is 5.75 Å². The fraction of sp³-hybridized carbons (Fsp3) is 0.200. The van der Waals surface area contributed by atoms with E-state index in [2.05, 4.69) is 15.4 Å². The molecule has 0 spiro atoms. The lowest BCUT2D eigenvalue weighted by atomic mass is 10.2. The van der Waals surface area contributed by atoms with Crippen molar-refractivity contribution in [2.45, 2.75) is 19.5 Å². The van der Waals surface area contributed by atoms with Gasteiger partial charge in [-0.15, -0.1) is 0 Å². The maximum Gasteiger partial charge on any atom is 0.296 e. The number of rotatable bonds is 9. The quantitative estimate of drug-likeness (QED) is 0.440. The summed E-state index contributed by atoms with van der Waals surface area (Å²) < 4.78 is 29.4. The van der Waals surface area contributed by atoms with Gasteiger partial charge in [-0.2, -0.15) is 8.42 Å². The molecule has 0 aliphatic rings. The summed E-state index contributed by atoms with van der Waals surface area (Å²) in [7, 11) is -2.31. The number of hydrogen-bond acceptors (Lipinski definition) is 5. The van der Waals surface area contributed by atoms with Gasteiger partial charge in [-0.25, -0.2) is 5.14 Å². The average Bonchev–Trinajstić information content (AvgIpc) is 2.69. The lowest BCUT2D eigenvalue weighted by Crippen LogP contribution is -2.44. The van der Waals surface area contributed by atoms with Crippen molar-refractivity contribution in [2.24, 2.45) is 5.14 Å². The zero-order chi connectivity index (χ0) is 22.1. The van der Waals surface area contributed by atoms with Gasteiger partial charge in [0.05, 0.1) is 12.8 Å². The number of nitrogens with one attached hydrogen (secondary N) is 3. The second-order valence-corrected chi connectivity index (χ2v) is 7.70. The van der Waals surface area contributed by atoms with E-state index in [4.69, 9.17) is 9.88 Å². The van der Waals surface area contributed by atoms with Gasteiger partial charge in [0.1, 0.15) is 11.8 Å². The number of carbonyl (C=O) groups excluding carboxylic acids is 2. The van der Waals surface area contributed by atoms with Gasteiger partial charge in [-0.05, 0) is 48.4 Å². The molecule has 2 aromatic rings. The minimum Gasteiger partial charge on any atom is -0.497 e. The normalized spacial score (nSPS) is 12.2. The van der Waals surface area contributed by atoms with Crippen LogP contribution in [0.3, 0.4) is 0 Å². The third-order valence-corrected chi connectivity index (χ3v) is 4.47. The Bertz CT molecular complexity index is 1020. The van der Waals surface area contributed by atoms with Crippen LogP contribution in [0.2, 0.25) is 0 Å². The molecular weight excluding hydrogens is 408 g/mol. The first-order valence-corrected chi connectivity index (χ1v) is 10.5. The van der Waals surface area contributed by atoms with E-state index in [1.165, 1.54) is 12.1 Å². The molecule has 0 bridgehead atoms. The number of amides is 2. The van der Waals surface area contributed by atoms with Gasteiger partial charge in [0.2, 0.25) is 11.8 Å². The molecule has 2 rings (SSSR count). The predicted octanol–water partition coefficient (Wildman–Crippen LogP) is 1.14. The summed E-state index contributed by atoms with van der Waals surface area (Å²) >= 11 is 0. The van der Waals surface area contributed by atoms with Crippen molar-refractivity contribution in [3.63, 3.8) is 0 Å². The van der Waals surface area contributed by atoms with Gasteiger partial charge in [-0.3, -0.25) is 14.3 Å². The Balaban J connectivity index is 1.84. The van der Waals surface area contributed by atoms with Gasteiger partial charge in [0, 0.05) is 12.6 Å². The molecular formula is C20H24N4O5S. The second kappa shape index (κ2) is 10.4. The van der Waals surface area contributed by atoms with Gasteiger partial charge >= 0.3 is 0 Å². The monoisotopic (exact) mass is 432 g/mol. The maximum absolute atomic E-state index is 12.2. The topological polar surface area (TPSA) is 140 Å². The molecule has 160 valence electrons. The molecule has 0 aromatic heterocycles. The molecule has 1 unspecified atom stereocenters. The van der Waals surface area contributed by atoms with E-state index in [-0.39, 0.29) is 18.1 Å². The van der Waals surface area contributed by atoms with E-state index in [1.807, 2.05) is 0 Å². The number of ether oxygens (including phenoxy) is 1. The van der Waals surface area contributed by atoms with Crippen LogP contribution in [0, 0.1) is 0 Å². The smallest absolute Gasteiger partial charge is 0.296 e. The first-order chi connectivity index (χ1) is 14.2. The van der Waals surface area contributed by atoms with Crippen LogP contribution in [-0.4, -0.2) is 33.4 Å². The van der Waals surface area contributed by atoms with E-state index >= 15 is 0 Å². The molecule has 30 heavy (non-hydrogen) atoms. The molecule has 0 heterocycles. The van der Waals surface area contributed by atoms with Crippen LogP contribution in [0.15, 0.2) is 54.6 Å². The van der Waals surface area contributed by atoms with E-state index < -0.39 is 22.2 Å². The largest absolute Gasteiger partial charge is 0.497 e. The van der Waals surface area contributed by atoms with Crippen molar-refractivity contribution in [3.05, 3.63) is 65.7 Å². The molecule has 0 aliphatic heterocycles. The van der Waals surface area contributed by atoms with Crippen molar-refractivity contribution >= 4 is 33.8 Å². The van der Waals surface area contributed by atoms with E-state index in [9.17, 15) is 18.0 Å². The third kappa shape index (κ3) is 7.94. The first-order valence-electron chi connectivity index (χ1n) is 8.96. The maximum atomic E-state index is 12.2. The zero-order valence-corrected chi connectivity index (χ0v) is 17.4. The summed E-state index contributed by atoms with van der Waals surface area (Å²) in [5.74, 6) is -0.0771. The average molecular weight is 433 g/mol. The molecule has 1 atom stereocenters. The van der Waals surface area contributed by atoms with Crippen LogP contribution in [0.25, 0.3) is 6.08 Å². The summed E-state index contributed by atoms with van der Waals surface area (Å²) in [5, 5.41) is 10.2. The van der Waals surface area contributed by atoms with E-state index in [1.54, 1.807) is 62.6 Å². The molecule has 9 nitrogen and oxygen atoms in total. The lowest BCUT2D eigenvalue weighted by molar-refractivity contribution is -0.126. The fourth-order valence-corrected chi connectivity index (χ4v) is 2.92. The Morgan fingerprint density at radius 3 is 2.50 bits per heavy atom. The minimum atomic E-state index is -3.88. The standard InChI is InChI=1S/C20H24N4O5S/c1-14(23-19(25)11-8-15-6-9-18(29-2)10-7-15)20(26)22-13-16-4-3-5-17(12-16)24-30(21,27)28/h3-12,14,24H,13H2,1-2H3,(H,22,26)(H,23,25)(H2,21,27,28)/b11-8+. The number of benzene rings is 2. The summed E-state index contributed by atoms with van der Waals surface area (Å²) in [5.41, 5.74) is 1.76.